The van der Waals surface area contributed by atoms with E-state index in [1.807, 2.05) is 6.07 Å². The van der Waals surface area contributed by atoms with Crippen LogP contribution in [0.15, 0.2) is 18.3 Å². The smallest absolute Gasteiger partial charge is 0.272 e. The molecule has 1 aromatic heterocycles. The molecule has 0 aliphatic rings. The Balaban J connectivity index is 2.75. The lowest BCUT2D eigenvalue weighted by molar-refractivity contribution is 0.0822. The fourth-order valence-corrected chi connectivity index (χ4v) is 1.66. The van der Waals surface area contributed by atoms with Crippen molar-refractivity contribution in [1.82, 2.24) is 9.88 Å². The van der Waals surface area contributed by atoms with Crippen LogP contribution in [-0.2, 0) is 0 Å². The molecular weight excluding hydrogens is 240 g/mol. The summed E-state index contributed by atoms with van der Waals surface area (Å²) in [5, 5.41) is 3.29. The Kier molecular flexibility index (Phi) is 5.30. The van der Waals surface area contributed by atoms with Crippen LogP contribution in [-0.4, -0.2) is 42.0 Å². The van der Waals surface area contributed by atoms with E-state index < -0.39 is 0 Å². The van der Waals surface area contributed by atoms with Crippen molar-refractivity contribution in [2.45, 2.75) is 32.2 Å². The molecule has 0 bridgehead atoms. The van der Waals surface area contributed by atoms with Crippen molar-refractivity contribution >= 4 is 11.6 Å². The lowest BCUT2D eigenvalue weighted by Gasteiger charge is -2.27. The number of anilines is 1. The number of rotatable bonds is 6. The quantitative estimate of drug-likeness (QED) is 0.820. The van der Waals surface area contributed by atoms with Gasteiger partial charge in [-0.25, -0.2) is 0 Å². The molecule has 0 aliphatic carbocycles. The molecule has 0 saturated carbocycles. The first-order valence-electron chi connectivity index (χ1n) is 6.62. The highest BCUT2D eigenvalue weighted by Crippen LogP contribution is 2.14. The van der Waals surface area contributed by atoms with E-state index in [2.05, 4.69) is 24.1 Å². The Morgan fingerprint density at radius 3 is 2.58 bits per heavy atom. The number of hydrogen-bond donors (Lipinski definition) is 2. The average Bonchev–Trinajstić information content (AvgIpc) is 2.44. The summed E-state index contributed by atoms with van der Waals surface area (Å²) >= 11 is 0. The van der Waals surface area contributed by atoms with E-state index in [9.17, 15) is 4.79 Å². The number of hydrogen-bond acceptors (Lipinski definition) is 4. The minimum Gasteiger partial charge on any atom is -0.383 e. The highest BCUT2D eigenvalue weighted by molar-refractivity contribution is 5.92. The summed E-state index contributed by atoms with van der Waals surface area (Å²) in [5.41, 5.74) is 7.33. The number of carbonyl (C=O) groups excluding carboxylic acids is 1. The van der Waals surface area contributed by atoms with Gasteiger partial charge in [0, 0.05) is 38.1 Å². The third-order valence-corrected chi connectivity index (χ3v) is 3.44. The first-order chi connectivity index (χ1) is 8.91. The zero-order valence-electron chi connectivity index (χ0n) is 12.2. The first kappa shape index (κ1) is 15.4. The molecular formula is C14H24N4O. The standard InChI is InChI=1S/C14H24N4O/c1-5-14(15,6-2)10-17-11-7-8-16-12(9-11)13(19)18(3)4/h7-9H,5-6,10,15H2,1-4H3,(H,16,17). The Bertz CT molecular complexity index is 427. The molecule has 5 nitrogen and oxygen atoms in total. The van der Waals surface area contributed by atoms with Crippen LogP contribution in [0.2, 0.25) is 0 Å². The van der Waals surface area contributed by atoms with Crippen molar-refractivity contribution in [3.05, 3.63) is 24.0 Å². The van der Waals surface area contributed by atoms with E-state index in [-0.39, 0.29) is 11.4 Å². The summed E-state index contributed by atoms with van der Waals surface area (Å²) in [6.45, 7) is 4.84. The van der Waals surface area contributed by atoms with Crippen LogP contribution in [0.25, 0.3) is 0 Å². The maximum Gasteiger partial charge on any atom is 0.272 e. The van der Waals surface area contributed by atoms with Crippen LogP contribution in [0.3, 0.4) is 0 Å². The molecule has 0 fully saturated rings. The van der Waals surface area contributed by atoms with Gasteiger partial charge >= 0.3 is 0 Å². The molecule has 1 aromatic rings. The van der Waals surface area contributed by atoms with Crippen molar-refractivity contribution in [2.24, 2.45) is 5.73 Å². The second-order valence-corrected chi connectivity index (χ2v) is 5.05. The van der Waals surface area contributed by atoms with Crippen LogP contribution in [0.1, 0.15) is 37.2 Å². The largest absolute Gasteiger partial charge is 0.383 e. The van der Waals surface area contributed by atoms with E-state index in [0.29, 0.717) is 12.2 Å². The molecule has 0 aromatic carbocycles. The molecule has 1 rings (SSSR count). The summed E-state index contributed by atoms with van der Waals surface area (Å²) in [5.74, 6) is -0.103. The van der Waals surface area contributed by atoms with Crippen LogP contribution in [0.4, 0.5) is 5.69 Å². The summed E-state index contributed by atoms with van der Waals surface area (Å²) < 4.78 is 0. The van der Waals surface area contributed by atoms with E-state index in [0.717, 1.165) is 18.5 Å². The minimum atomic E-state index is -0.213. The molecule has 0 atom stereocenters. The van der Waals surface area contributed by atoms with E-state index in [4.69, 9.17) is 5.73 Å². The maximum absolute atomic E-state index is 11.8. The zero-order chi connectivity index (χ0) is 14.5. The normalized spacial score (nSPS) is 11.2. The predicted molar refractivity (Wildman–Crippen MR) is 78.2 cm³/mol. The van der Waals surface area contributed by atoms with Crippen molar-refractivity contribution in [3.8, 4) is 0 Å². The van der Waals surface area contributed by atoms with Gasteiger partial charge in [0.25, 0.3) is 5.91 Å². The topological polar surface area (TPSA) is 71.2 Å². The summed E-state index contributed by atoms with van der Waals surface area (Å²) in [7, 11) is 3.42. The number of aromatic nitrogens is 1. The molecule has 0 saturated heterocycles. The predicted octanol–water partition coefficient (Wildman–Crippen LogP) is 1.71. The molecule has 0 aliphatic heterocycles. The van der Waals surface area contributed by atoms with Crippen LogP contribution < -0.4 is 11.1 Å². The second kappa shape index (κ2) is 6.52. The van der Waals surface area contributed by atoms with Crippen molar-refractivity contribution < 1.29 is 4.79 Å². The Morgan fingerprint density at radius 2 is 2.05 bits per heavy atom. The van der Waals surface area contributed by atoms with Gasteiger partial charge in [0.15, 0.2) is 0 Å². The first-order valence-corrected chi connectivity index (χ1v) is 6.62. The Hall–Kier alpha value is -1.62. The van der Waals surface area contributed by atoms with Crippen LogP contribution in [0, 0.1) is 0 Å². The molecule has 1 heterocycles. The average molecular weight is 264 g/mol. The number of amides is 1. The van der Waals surface area contributed by atoms with Crippen molar-refractivity contribution in [3.63, 3.8) is 0 Å². The molecule has 0 spiro atoms. The van der Waals surface area contributed by atoms with E-state index >= 15 is 0 Å². The van der Waals surface area contributed by atoms with Gasteiger partial charge in [-0.2, -0.15) is 0 Å². The molecule has 1 amide bonds. The monoisotopic (exact) mass is 264 g/mol. The van der Waals surface area contributed by atoms with Gasteiger partial charge in [0.1, 0.15) is 5.69 Å². The SMILES string of the molecule is CCC(N)(CC)CNc1ccnc(C(=O)N(C)C)c1. The molecule has 106 valence electrons. The Morgan fingerprint density at radius 1 is 1.42 bits per heavy atom. The van der Waals surface area contributed by atoms with Crippen molar-refractivity contribution in [1.29, 1.82) is 0 Å². The molecule has 19 heavy (non-hydrogen) atoms. The number of pyridine rings is 1. The van der Waals surface area contributed by atoms with Crippen LogP contribution in [0.5, 0.6) is 0 Å². The van der Waals surface area contributed by atoms with Gasteiger partial charge in [-0.3, -0.25) is 9.78 Å². The molecule has 5 heteroatoms. The summed E-state index contributed by atoms with van der Waals surface area (Å²) in [6.07, 6.45) is 3.45. The highest BCUT2D eigenvalue weighted by Gasteiger charge is 2.19. The number of nitrogens with zero attached hydrogens (tertiary/aromatic N) is 2. The number of nitrogens with one attached hydrogen (secondary N) is 1. The maximum atomic E-state index is 11.8. The summed E-state index contributed by atoms with van der Waals surface area (Å²) in [6, 6.07) is 3.60. The third-order valence-electron chi connectivity index (χ3n) is 3.44. The van der Waals surface area contributed by atoms with Gasteiger partial charge in [0.05, 0.1) is 0 Å². The van der Waals surface area contributed by atoms with Gasteiger partial charge in [-0.15, -0.1) is 0 Å². The highest BCUT2D eigenvalue weighted by atomic mass is 16.2. The lowest BCUT2D eigenvalue weighted by atomic mass is 9.94. The van der Waals surface area contributed by atoms with E-state index in [1.54, 1.807) is 26.4 Å². The van der Waals surface area contributed by atoms with Crippen molar-refractivity contribution in [2.75, 3.05) is 26.0 Å². The molecule has 0 unspecified atom stereocenters. The summed E-state index contributed by atoms with van der Waals surface area (Å²) in [4.78, 5) is 17.4. The fourth-order valence-electron chi connectivity index (χ4n) is 1.66. The van der Waals surface area contributed by atoms with Gasteiger partial charge in [-0.05, 0) is 25.0 Å². The lowest BCUT2D eigenvalue weighted by Crippen LogP contribution is -2.45. The van der Waals surface area contributed by atoms with Gasteiger partial charge in [0.2, 0.25) is 0 Å². The van der Waals surface area contributed by atoms with Gasteiger partial charge in [-0.1, -0.05) is 13.8 Å². The number of nitrogens with two attached hydrogens (primary N) is 1. The molecule has 0 radical (unpaired) electrons. The Labute approximate surface area is 115 Å². The molecule has 3 N–H and O–H groups in total. The minimum absolute atomic E-state index is 0.103. The second-order valence-electron chi connectivity index (χ2n) is 5.05. The van der Waals surface area contributed by atoms with Crippen LogP contribution >= 0.6 is 0 Å². The number of carbonyl (C=O) groups is 1. The van der Waals surface area contributed by atoms with E-state index in [1.165, 1.54) is 4.90 Å². The van der Waals surface area contributed by atoms with Gasteiger partial charge < -0.3 is 16.0 Å². The fraction of sp³-hybridized carbons (Fsp3) is 0.571. The zero-order valence-corrected chi connectivity index (χ0v) is 12.2. The third kappa shape index (κ3) is 4.21.